The largest absolute Gasteiger partial charge is 0.115 e. The first kappa shape index (κ1) is 4.46. The molecule has 0 saturated heterocycles. The Bertz CT molecular complexity index is 110. The number of rotatable bonds is 1. The molecule has 0 amide bonds. The number of terminal acetylenes is 1. The molecule has 1 aliphatic carbocycles. The van der Waals surface area contributed by atoms with Crippen LogP contribution in [0, 0.1) is 18.3 Å². The fraction of sp³-hybridized carbons (Fsp3) is 0.429. The molecule has 1 fully saturated rings. The third kappa shape index (κ3) is 1.45. The van der Waals surface area contributed by atoms with Crippen LogP contribution in [0.2, 0.25) is 0 Å². The Morgan fingerprint density at radius 2 is 2.29 bits per heavy atom. The summed E-state index contributed by atoms with van der Waals surface area (Å²) in [5, 5.41) is 0. The summed E-state index contributed by atoms with van der Waals surface area (Å²) in [5.41, 5.74) is 0. The minimum Gasteiger partial charge on any atom is -0.115 e. The van der Waals surface area contributed by atoms with Crippen LogP contribution in [-0.4, -0.2) is 0 Å². The van der Waals surface area contributed by atoms with Crippen molar-refractivity contribution in [3.8, 4) is 12.3 Å². The van der Waals surface area contributed by atoms with Gasteiger partial charge >= 0.3 is 0 Å². The van der Waals surface area contributed by atoms with Crippen LogP contribution in [0.25, 0.3) is 0 Å². The first-order valence-electron chi connectivity index (χ1n) is 2.56. The van der Waals surface area contributed by atoms with Gasteiger partial charge in [-0.25, -0.2) is 0 Å². The monoisotopic (exact) mass is 92.1 g/mol. The van der Waals surface area contributed by atoms with E-state index in [9.17, 15) is 0 Å². The average Bonchev–Trinajstić information content (AvgIpc) is 2.42. The molecule has 0 N–H and O–H groups in total. The lowest BCUT2D eigenvalue weighted by Gasteiger charge is -1.69. The maximum Gasteiger partial charge on any atom is -0.0159 e. The highest BCUT2D eigenvalue weighted by atomic mass is 14.2. The molecule has 1 rings (SSSR count). The zero-order chi connectivity index (χ0) is 5.11. The van der Waals surface area contributed by atoms with Crippen molar-refractivity contribution in [1.29, 1.82) is 0 Å². The van der Waals surface area contributed by atoms with Crippen LogP contribution in [0.15, 0.2) is 12.2 Å². The lowest BCUT2D eigenvalue weighted by molar-refractivity contribution is 1.13. The summed E-state index contributed by atoms with van der Waals surface area (Å²) < 4.78 is 0. The van der Waals surface area contributed by atoms with Gasteiger partial charge in [-0.05, 0) is 24.8 Å². The van der Waals surface area contributed by atoms with Crippen LogP contribution in [0.5, 0.6) is 0 Å². The minimum atomic E-state index is 0.830. The fourth-order valence-electron chi connectivity index (χ4n) is 0.480. The number of hydrogen-bond donors (Lipinski definition) is 0. The van der Waals surface area contributed by atoms with Gasteiger partial charge in [0, 0.05) is 0 Å². The molecule has 0 spiro atoms. The molecule has 0 aromatic carbocycles. The highest BCUT2D eigenvalue weighted by molar-refractivity contribution is 5.12. The standard InChI is InChI=1S/C7H8/c1-2-3-4-7-5-6-7/h1,3-4,7H,5-6H2. The molecule has 0 aromatic heterocycles. The summed E-state index contributed by atoms with van der Waals surface area (Å²) >= 11 is 0. The minimum absolute atomic E-state index is 0.830. The van der Waals surface area contributed by atoms with E-state index in [2.05, 4.69) is 12.0 Å². The van der Waals surface area contributed by atoms with Crippen molar-refractivity contribution < 1.29 is 0 Å². The predicted octanol–water partition coefficient (Wildman–Crippen LogP) is 1.59. The average molecular weight is 92.1 g/mol. The summed E-state index contributed by atoms with van der Waals surface area (Å²) in [7, 11) is 0. The topological polar surface area (TPSA) is 0 Å². The zero-order valence-corrected chi connectivity index (χ0v) is 4.22. The van der Waals surface area contributed by atoms with Crippen LogP contribution < -0.4 is 0 Å². The molecule has 1 saturated carbocycles. The summed E-state index contributed by atoms with van der Waals surface area (Å²) in [6.07, 6.45) is 11.5. The van der Waals surface area contributed by atoms with E-state index in [0.717, 1.165) is 5.92 Å². The summed E-state index contributed by atoms with van der Waals surface area (Å²) in [4.78, 5) is 0. The molecule has 0 unspecified atom stereocenters. The van der Waals surface area contributed by atoms with Gasteiger partial charge in [0.2, 0.25) is 0 Å². The smallest absolute Gasteiger partial charge is 0.0159 e. The molecule has 0 aromatic rings. The molecule has 1 aliphatic rings. The van der Waals surface area contributed by atoms with Gasteiger partial charge in [0.1, 0.15) is 0 Å². The lowest BCUT2D eigenvalue weighted by atomic mass is 10.4. The molecule has 7 heavy (non-hydrogen) atoms. The lowest BCUT2D eigenvalue weighted by Crippen LogP contribution is -1.56. The molecule has 0 atom stereocenters. The Kier molecular flexibility index (Phi) is 1.17. The van der Waals surface area contributed by atoms with Crippen LogP contribution in [-0.2, 0) is 0 Å². The summed E-state index contributed by atoms with van der Waals surface area (Å²) in [6.45, 7) is 0. The number of allylic oxidation sites excluding steroid dienone is 2. The second kappa shape index (κ2) is 1.84. The van der Waals surface area contributed by atoms with Gasteiger partial charge in [0.15, 0.2) is 0 Å². The molecule has 36 valence electrons. The van der Waals surface area contributed by atoms with E-state index in [1.807, 2.05) is 0 Å². The fourth-order valence-corrected chi connectivity index (χ4v) is 0.480. The van der Waals surface area contributed by atoms with Gasteiger partial charge in [-0.3, -0.25) is 0 Å². The van der Waals surface area contributed by atoms with E-state index >= 15 is 0 Å². The molecule has 0 bridgehead atoms. The van der Waals surface area contributed by atoms with Gasteiger partial charge in [0.25, 0.3) is 0 Å². The SMILES string of the molecule is C#CC=CC1CC1. The van der Waals surface area contributed by atoms with Crippen LogP contribution in [0.3, 0.4) is 0 Å². The van der Waals surface area contributed by atoms with Crippen molar-refractivity contribution in [3.63, 3.8) is 0 Å². The van der Waals surface area contributed by atoms with Crippen LogP contribution in [0.4, 0.5) is 0 Å². The normalized spacial score (nSPS) is 19.9. The Hall–Kier alpha value is -0.700. The van der Waals surface area contributed by atoms with E-state index in [1.54, 1.807) is 6.08 Å². The molecule has 0 radical (unpaired) electrons. The van der Waals surface area contributed by atoms with Gasteiger partial charge < -0.3 is 0 Å². The van der Waals surface area contributed by atoms with Crippen molar-refractivity contribution in [2.45, 2.75) is 12.8 Å². The molecule has 0 nitrogen and oxygen atoms in total. The highest BCUT2D eigenvalue weighted by Crippen LogP contribution is 2.29. The third-order valence-corrected chi connectivity index (χ3v) is 1.09. The van der Waals surface area contributed by atoms with Gasteiger partial charge in [-0.1, -0.05) is 12.0 Å². The first-order valence-corrected chi connectivity index (χ1v) is 2.56. The summed E-state index contributed by atoms with van der Waals surface area (Å²) in [6, 6.07) is 0. The molecule has 0 aliphatic heterocycles. The van der Waals surface area contributed by atoms with Gasteiger partial charge in [-0.15, -0.1) is 6.42 Å². The van der Waals surface area contributed by atoms with Crippen LogP contribution in [0.1, 0.15) is 12.8 Å². The Labute approximate surface area is 44.2 Å². The Morgan fingerprint density at radius 3 is 2.71 bits per heavy atom. The zero-order valence-electron chi connectivity index (χ0n) is 4.22. The Balaban J connectivity index is 2.21. The second-order valence-corrected chi connectivity index (χ2v) is 1.86. The van der Waals surface area contributed by atoms with Gasteiger partial charge in [-0.2, -0.15) is 0 Å². The van der Waals surface area contributed by atoms with Crippen molar-refractivity contribution in [2.75, 3.05) is 0 Å². The van der Waals surface area contributed by atoms with E-state index in [0.29, 0.717) is 0 Å². The Morgan fingerprint density at radius 1 is 1.57 bits per heavy atom. The quantitative estimate of drug-likeness (QED) is 0.431. The highest BCUT2D eigenvalue weighted by Gasteiger charge is 2.16. The maximum atomic E-state index is 4.97. The van der Waals surface area contributed by atoms with Crippen molar-refractivity contribution >= 4 is 0 Å². The molecule has 0 heteroatoms. The van der Waals surface area contributed by atoms with Crippen molar-refractivity contribution in [1.82, 2.24) is 0 Å². The molecular formula is C7H8. The summed E-state index contributed by atoms with van der Waals surface area (Å²) in [5.74, 6) is 3.29. The van der Waals surface area contributed by atoms with Crippen molar-refractivity contribution in [3.05, 3.63) is 12.2 Å². The molecular weight excluding hydrogens is 84.1 g/mol. The van der Waals surface area contributed by atoms with E-state index in [-0.39, 0.29) is 0 Å². The molecule has 0 heterocycles. The van der Waals surface area contributed by atoms with E-state index < -0.39 is 0 Å². The number of hydrogen-bond acceptors (Lipinski definition) is 0. The van der Waals surface area contributed by atoms with Crippen molar-refractivity contribution in [2.24, 2.45) is 5.92 Å². The van der Waals surface area contributed by atoms with Crippen LogP contribution >= 0.6 is 0 Å². The van der Waals surface area contributed by atoms with E-state index in [4.69, 9.17) is 6.42 Å². The maximum absolute atomic E-state index is 4.97. The van der Waals surface area contributed by atoms with E-state index in [1.165, 1.54) is 12.8 Å². The first-order chi connectivity index (χ1) is 3.43. The van der Waals surface area contributed by atoms with Gasteiger partial charge in [0.05, 0.1) is 0 Å². The third-order valence-electron chi connectivity index (χ3n) is 1.09. The second-order valence-electron chi connectivity index (χ2n) is 1.86. The predicted molar refractivity (Wildman–Crippen MR) is 30.7 cm³/mol.